The minimum Gasteiger partial charge on any atom is -0.399 e. The maximum atomic E-state index is 13.5. The standard InChI is InChI=1S/C19H26BFN2O2/c1-12-10-15(8-9-16(12)21)11-23-14(3)17(13(2)22-23)20-24-18(4,5)19(6,7)25-20/h8-10H,11H2,1-7H3. The lowest BCUT2D eigenvalue weighted by Gasteiger charge is -2.32. The van der Waals surface area contributed by atoms with E-state index in [4.69, 9.17) is 9.31 Å². The molecule has 1 saturated heterocycles. The van der Waals surface area contributed by atoms with Gasteiger partial charge < -0.3 is 9.31 Å². The predicted molar refractivity (Wildman–Crippen MR) is 97.7 cm³/mol. The van der Waals surface area contributed by atoms with Crippen molar-refractivity contribution in [1.82, 2.24) is 9.78 Å². The van der Waals surface area contributed by atoms with Gasteiger partial charge in [-0.05, 0) is 65.7 Å². The van der Waals surface area contributed by atoms with Gasteiger partial charge in [0.25, 0.3) is 0 Å². The summed E-state index contributed by atoms with van der Waals surface area (Å²) in [6, 6.07) is 5.17. The molecule has 0 aliphatic carbocycles. The number of hydrogen-bond donors (Lipinski definition) is 0. The van der Waals surface area contributed by atoms with Gasteiger partial charge >= 0.3 is 7.12 Å². The van der Waals surface area contributed by atoms with Crippen LogP contribution in [0.15, 0.2) is 18.2 Å². The summed E-state index contributed by atoms with van der Waals surface area (Å²) in [6.07, 6.45) is 0. The Balaban J connectivity index is 1.90. The summed E-state index contributed by atoms with van der Waals surface area (Å²) in [5.41, 5.74) is 3.79. The monoisotopic (exact) mass is 344 g/mol. The van der Waals surface area contributed by atoms with Crippen molar-refractivity contribution in [1.29, 1.82) is 0 Å². The second-order valence-corrected chi connectivity index (χ2v) is 7.91. The van der Waals surface area contributed by atoms with Gasteiger partial charge in [0.2, 0.25) is 0 Å². The first-order chi connectivity index (χ1) is 11.5. The van der Waals surface area contributed by atoms with Crippen LogP contribution in [0.4, 0.5) is 4.39 Å². The summed E-state index contributed by atoms with van der Waals surface area (Å²) in [7, 11) is -0.422. The van der Waals surface area contributed by atoms with E-state index in [-0.39, 0.29) is 17.0 Å². The van der Waals surface area contributed by atoms with Crippen molar-refractivity contribution in [2.24, 2.45) is 0 Å². The van der Waals surface area contributed by atoms with Crippen molar-refractivity contribution >= 4 is 12.6 Å². The van der Waals surface area contributed by atoms with Gasteiger partial charge in [0.15, 0.2) is 0 Å². The van der Waals surface area contributed by atoms with Gasteiger partial charge in [-0.25, -0.2) is 4.39 Å². The van der Waals surface area contributed by atoms with E-state index in [0.29, 0.717) is 12.1 Å². The van der Waals surface area contributed by atoms with Crippen LogP contribution in [0.5, 0.6) is 0 Å². The zero-order valence-corrected chi connectivity index (χ0v) is 16.1. The molecule has 0 spiro atoms. The molecule has 0 N–H and O–H groups in total. The molecular formula is C19H26BFN2O2. The lowest BCUT2D eigenvalue weighted by molar-refractivity contribution is 0.00578. The second kappa shape index (κ2) is 5.96. The Morgan fingerprint density at radius 2 is 1.68 bits per heavy atom. The predicted octanol–water partition coefficient (Wildman–Crippen LogP) is 3.29. The number of aryl methyl sites for hydroxylation is 2. The summed E-state index contributed by atoms with van der Waals surface area (Å²) in [4.78, 5) is 0. The number of halogens is 1. The van der Waals surface area contributed by atoms with Crippen molar-refractivity contribution in [3.05, 3.63) is 46.5 Å². The summed E-state index contributed by atoms with van der Waals surface area (Å²) in [6.45, 7) is 14.5. The fourth-order valence-electron chi connectivity index (χ4n) is 3.14. The van der Waals surface area contributed by atoms with Gasteiger partial charge in [-0.1, -0.05) is 12.1 Å². The van der Waals surface area contributed by atoms with Crippen molar-refractivity contribution in [3.8, 4) is 0 Å². The average Bonchev–Trinajstić information content (AvgIpc) is 2.87. The van der Waals surface area contributed by atoms with Crippen molar-refractivity contribution in [2.45, 2.75) is 66.2 Å². The van der Waals surface area contributed by atoms with Crippen LogP contribution < -0.4 is 5.46 Å². The van der Waals surface area contributed by atoms with Crippen LogP contribution in [0.3, 0.4) is 0 Å². The van der Waals surface area contributed by atoms with Gasteiger partial charge in [-0.2, -0.15) is 5.10 Å². The van der Waals surface area contributed by atoms with Crippen LogP contribution in [0.1, 0.15) is 50.2 Å². The largest absolute Gasteiger partial charge is 0.498 e. The van der Waals surface area contributed by atoms with Gasteiger partial charge in [-0.15, -0.1) is 0 Å². The molecule has 0 atom stereocenters. The third-order valence-corrected chi connectivity index (χ3v) is 5.48. The minimum absolute atomic E-state index is 0.185. The van der Waals surface area contributed by atoms with E-state index >= 15 is 0 Å². The van der Waals surface area contributed by atoms with E-state index in [1.54, 1.807) is 13.0 Å². The Bertz CT molecular complexity index is 798. The molecule has 2 heterocycles. The highest BCUT2D eigenvalue weighted by Gasteiger charge is 2.53. The van der Waals surface area contributed by atoms with Crippen molar-refractivity contribution < 1.29 is 13.7 Å². The Kier molecular flexibility index (Phi) is 4.32. The van der Waals surface area contributed by atoms with Crippen LogP contribution in [-0.4, -0.2) is 28.1 Å². The molecule has 134 valence electrons. The van der Waals surface area contributed by atoms with E-state index in [9.17, 15) is 4.39 Å². The van der Waals surface area contributed by atoms with Crippen LogP contribution >= 0.6 is 0 Å². The van der Waals surface area contributed by atoms with E-state index in [1.807, 2.05) is 52.3 Å². The molecule has 6 heteroatoms. The highest BCUT2D eigenvalue weighted by atomic mass is 19.1. The maximum Gasteiger partial charge on any atom is 0.498 e. The van der Waals surface area contributed by atoms with Crippen molar-refractivity contribution in [2.75, 3.05) is 0 Å². The number of hydrogen-bond acceptors (Lipinski definition) is 3. The van der Waals surface area contributed by atoms with Crippen LogP contribution in [0.2, 0.25) is 0 Å². The molecule has 0 radical (unpaired) electrons. The van der Waals surface area contributed by atoms with Crippen LogP contribution in [-0.2, 0) is 15.9 Å². The van der Waals surface area contributed by atoms with Gasteiger partial charge in [-0.3, -0.25) is 4.68 Å². The van der Waals surface area contributed by atoms with E-state index < -0.39 is 7.12 Å². The molecule has 2 aromatic rings. The molecule has 4 nitrogen and oxygen atoms in total. The first-order valence-electron chi connectivity index (χ1n) is 8.66. The fourth-order valence-corrected chi connectivity index (χ4v) is 3.14. The third-order valence-electron chi connectivity index (χ3n) is 5.48. The summed E-state index contributed by atoms with van der Waals surface area (Å²) in [5.74, 6) is -0.185. The molecule has 1 aromatic carbocycles. The second-order valence-electron chi connectivity index (χ2n) is 7.91. The first-order valence-corrected chi connectivity index (χ1v) is 8.66. The Morgan fingerprint density at radius 1 is 1.08 bits per heavy atom. The first kappa shape index (κ1) is 18.1. The van der Waals surface area contributed by atoms with Gasteiger partial charge in [0, 0.05) is 11.2 Å². The van der Waals surface area contributed by atoms with Gasteiger partial charge in [0.05, 0.1) is 23.4 Å². The molecule has 0 amide bonds. The highest BCUT2D eigenvalue weighted by molar-refractivity contribution is 6.63. The van der Waals surface area contributed by atoms with E-state index in [0.717, 1.165) is 22.4 Å². The summed E-state index contributed by atoms with van der Waals surface area (Å²) >= 11 is 0. The smallest absolute Gasteiger partial charge is 0.399 e. The molecule has 1 aromatic heterocycles. The number of nitrogens with zero attached hydrogens (tertiary/aromatic N) is 2. The Labute approximate surface area is 149 Å². The van der Waals surface area contributed by atoms with Crippen LogP contribution in [0.25, 0.3) is 0 Å². The molecule has 0 bridgehead atoms. The molecule has 3 rings (SSSR count). The van der Waals surface area contributed by atoms with Gasteiger partial charge in [0.1, 0.15) is 5.82 Å². The SMILES string of the molecule is Cc1cc(Cn2nc(C)c(B3OC(C)(C)C(C)(C)O3)c2C)ccc1F. The number of aromatic nitrogens is 2. The topological polar surface area (TPSA) is 36.3 Å². The maximum absolute atomic E-state index is 13.5. The Hall–Kier alpha value is -1.66. The fraction of sp³-hybridized carbons (Fsp3) is 0.526. The summed E-state index contributed by atoms with van der Waals surface area (Å²) in [5, 5.41) is 4.66. The lowest BCUT2D eigenvalue weighted by atomic mass is 9.77. The lowest BCUT2D eigenvalue weighted by Crippen LogP contribution is -2.41. The summed E-state index contributed by atoms with van der Waals surface area (Å²) < 4.78 is 27.8. The zero-order valence-electron chi connectivity index (χ0n) is 16.1. The van der Waals surface area contributed by atoms with E-state index in [2.05, 4.69) is 5.10 Å². The third kappa shape index (κ3) is 3.13. The zero-order chi connectivity index (χ0) is 18.6. The highest BCUT2D eigenvalue weighted by Crippen LogP contribution is 2.36. The molecule has 1 aliphatic heterocycles. The van der Waals surface area contributed by atoms with E-state index in [1.165, 1.54) is 6.07 Å². The minimum atomic E-state index is -0.422. The van der Waals surface area contributed by atoms with Crippen molar-refractivity contribution in [3.63, 3.8) is 0 Å². The quantitative estimate of drug-likeness (QED) is 0.802. The molecule has 25 heavy (non-hydrogen) atoms. The average molecular weight is 344 g/mol. The van der Waals surface area contributed by atoms with Crippen LogP contribution in [0, 0.1) is 26.6 Å². The molecule has 0 saturated carbocycles. The number of benzene rings is 1. The molecule has 0 unspecified atom stereocenters. The Morgan fingerprint density at radius 3 is 2.24 bits per heavy atom. The molecule has 1 fully saturated rings. The molecular weight excluding hydrogens is 318 g/mol. The number of rotatable bonds is 3. The normalized spacial score (nSPS) is 18.8. The molecule has 1 aliphatic rings.